The first kappa shape index (κ1) is 17.5. The standard InChI is InChI=1S/C19H20FN3OS/c1-3-23-18(16-10-5-6-11-17(16)24-4-2)21-22-19(23)25-13-14-8-7-9-15(20)12-14/h5-12H,3-4,13H2,1-2H3. The van der Waals surface area contributed by atoms with E-state index < -0.39 is 0 Å². The van der Waals surface area contributed by atoms with Gasteiger partial charge in [0.2, 0.25) is 0 Å². The summed E-state index contributed by atoms with van der Waals surface area (Å²) < 4.78 is 21.1. The number of benzene rings is 2. The molecular formula is C19H20FN3OS. The minimum Gasteiger partial charge on any atom is -0.493 e. The lowest BCUT2D eigenvalue weighted by Crippen LogP contribution is -2.02. The van der Waals surface area contributed by atoms with Crippen LogP contribution in [0.15, 0.2) is 53.7 Å². The molecule has 0 bridgehead atoms. The van der Waals surface area contributed by atoms with E-state index in [1.807, 2.05) is 37.3 Å². The lowest BCUT2D eigenvalue weighted by atomic mass is 10.2. The van der Waals surface area contributed by atoms with Crippen molar-refractivity contribution in [3.8, 4) is 17.1 Å². The van der Waals surface area contributed by atoms with Crippen molar-refractivity contribution >= 4 is 11.8 Å². The molecule has 25 heavy (non-hydrogen) atoms. The Labute approximate surface area is 151 Å². The largest absolute Gasteiger partial charge is 0.493 e. The van der Waals surface area contributed by atoms with Crippen LogP contribution in [-0.2, 0) is 12.3 Å². The van der Waals surface area contributed by atoms with Crippen molar-refractivity contribution in [1.29, 1.82) is 0 Å². The third kappa shape index (κ3) is 4.02. The van der Waals surface area contributed by atoms with Crippen LogP contribution in [0.25, 0.3) is 11.4 Å². The summed E-state index contributed by atoms with van der Waals surface area (Å²) in [4.78, 5) is 0. The maximum atomic E-state index is 13.3. The van der Waals surface area contributed by atoms with Crippen LogP contribution < -0.4 is 4.74 Å². The summed E-state index contributed by atoms with van der Waals surface area (Å²) >= 11 is 1.55. The van der Waals surface area contributed by atoms with Crippen LogP contribution in [0.4, 0.5) is 4.39 Å². The molecule has 3 rings (SSSR count). The number of ether oxygens (including phenoxy) is 1. The topological polar surface area (TPSA) is 39.9 Å². The second-order valence-corrected chi connectivity index (χ2v) is 6.34. The quantitative estimate of drug-likeness (QED) is 0.570. The van der Waals surface area contributed by atoms with Gasteiger partial charge in [-0.25, -0.2) is 4.39 Å². The summed E-state index contributed by atoms with van der Waals surface area (Å²) in [5, 5.41) is 9.51. The van der Waals surface area contributed by atoms with Gasteiger partial charge in [0.05, 0.1) is 12.2 Å². The Morgan fingerprint density at radius 3 is 2.68 bits per heavy atom. The minimum atomic E-state index is -0.221. The van der Waals surface area contributed by atoms with Crippen molar-refractivity contribution in [3.05, 3.63) is 59.9 Å². The highest BCUT2D eigenvalue weighted by Crippen LogP contribution is 2.31. The van der Waals surface area contributed by atoms with E-state index in [0.717, 1.165) is 34.4 Å². The van der Waals surface area contributed by atoms with E-state index in [0.29, 0.717) is 12.4 Å². The molecule has 0 spiro atoms. The Morgan fingerprint density at radius 2 is 1.92 bits per heavy atom. The van der Waals surface area contributed by atoms with Crippen LogP contribution >= 0.6 is 11.8 Å². The molecule has 0 saturated carbocycles. The van der Waals surface area contributed by atoms with Gasteiger partial charge in [0.25, 0.3) is 0 Å². The summed E-state index contributed by atoms with van der Waals surface area (Å²) in [6, 6.07) is 14.5. The Kier molecular flexibility index (Phi) is 5.71. The van der Waals surface area contributed by atoms with Gasteiger partial charge in [-0.1, -0.05) is 36.0 Å². The van der Waals surface area contributed by atoms with E-state index in [-0.39, 0.29) is 5.82 Å². The molecular weight excluding hydrogens is 337 g/mol. The van der Waals surface area contributed by atoms with Crippen molar-refractivity contribution in [2.45, 2.75) is 31.3 Å². The van der Waals surface area contributed by atoms with Crippen LogP contribution in [0.5, 0.6) is 5.75 Å². The monoisotopic (exact) mass is 357 g/mol. The number of hydrogen-bond donors (Lipinski definition) is 0. The molecule has 2 aromatic carbocycles. The molecule has 0 N–H and O–H groups in total. The molecule has 3 aromatic rings. The smallest absolute Gasteiger partial charge is 0.191 e. The lowest BCUT2D eigenvalue weighted by molar-refractivity contribution is 0.341. The van der Waals surface area contributed by atoms with Crippen molar-refractivity contribution < 1.29 is 9.13 Å². The van der Waals surface area contributed by atoms with Gasteiger partial charge in [0.15, 0.2) is 11.0 Å². The van der Waals surface area contributed by atoms with Gasteiger partial charge in [0.1, 0.15) is 11.6 Å². The summed E-state index contributed by atoms with van der Waals surface area (Å²) in [6.07, 6.45) is 0. The second kappa shape index (κ2) is 8.16. The lowest BCUT2D eigenvalue weighted by Gasteiger charge is -2.11. The van der Waals surface area contributed by atoms with Crippen molar-refractivity contribution in [1.82, 2.24) is 14.8 Å². The maximum Gasteiger partial charge on any atom is 0.191 e. The number of halogens is 1. The van der Waals surface area contributed by atoms with Crippen molar-refractivity contribution in [3.63, 3.8) is 0 Å². The normalized spacial score (nSPS) is 10.8. The highest BCUT2D eigenvalue weighted by atomic mass is 32.2. The van der Waals surface area contributed by atoms with E-state index in [1.54, 1.807) is 23.9 Å². The van der Waals surface area contributed by atoms with E-state index in [4.69, 9.17) is 4.74 Å². The van der Waals surface area contributed by atoms with Crippen molar-refractivity contribution in [2.24, 2.45) is 0 Å². The SMILES string of the molecule is CCOc1ccccc1-c1nnc(SCc2cccc(F)c2)n1CC. The van der Waals surface area contributed by atoms with Gasteiger partial charge in [0, 0.05) is 12.3 Å². The summed E-state index contributed by atoms with van der Waals surface area (Å²) in [7, 11) is 0. The van der Waals surface area contributed by atoms with Crippen LogP contribution in [0.3, 0.4) is 0 Å². The first-order valence-electron chi connectivity index (χ1n) is 8.25. The first-order valence-corrected chi connectivity index (χ1v) is 9.24. The molecule has 0 aliphatic carbocycles. The Balaban J connectivity index is 1.86. The summed E-state index contributed by atoms with van der Waals surface area (Å²) in [6.45, 7) is 5.36. The number of para-hydroxylation sites is 1. The molecule has 6 heteroatoms. The van der Waals surface area contributed by atoms with Crippen molar-refractivity contribution in [2.75, 3.05) is 6.61 Å². The van der Waals surface area contributed by atoms with E-state index in [2.05, 4.69) is 21.7 Å². The van der Waals surface area contributed by atoms with Gasteiger partial charge in [-0.3, -0.25) is 0 Å². The fraction of sp³-hybridized carbons (Fsp3) is 0.263. The Hall–Kier alpha value is -2.34. The maximum absolute atomic E-state index is 13.3. The molecule has 0 aliphatic rings. The number of hydrogen-bond acceptors (Lipinski definition) is 4. The van der Waals surface area contributed by atoms with Crippen LogP contribution in [0.1, 0.15) is 19.4 Å². The summed E-state index contributed by atoms with van der Waals surface area (Å²) in [5.74, 6) is 2.01. The number of nitrogens with zero attached hydrogens (tertiary/aromatic N) is 3. The van der Waals surface area contributed by atoms with Gasteiger partial charge >= 0.3 is 0 Å². The highest BCUT2D eigenvalue weighted by molar-refractivity contribution is 7.98. The minimum absolute atomic E-state index is 0.221. The molecule has 1 heterocycles. The molecule has 0 atom stereocenters. The zero-order chi connectivity index (χ0) is 17.6. The molecule has 1 aromatic heterocycles. The predicted molar refractivity (Wildman–Crippen MR) is 98.3 cm³/mol. The fourth-order valence-corrected chi connectivity index (χ4v) is 3.53. The molecule has 130 valence electrons. The van der Waals surface area contributed by atoms with Crippen LogP contribution in [0, 0.1) is 5.82 Å². The number of aromatic nitrogens is 3. The van der Waals surface area contributed by atoms with Gasteiger partial charge in [-0.15, -0.1) is 10.2 Å². The zero-order valence-corrected chi connectivity index (χ0v) is 15.1. The molecule has 0 aliphatic heterocycles. The van der Waals surface area contributed by atoms with E-state index in [1.165, 1.54) is 6.07 Å². The average Bonchev–Trinajstić information content (AvgIpc) is 3.03. The van der Waals surface area contributed by atoms with Crippen LogP contribution in [-0.4, -0.2) is 21.4 Å². The van der Waals surface area contributed by atoms with Gasteiger partial charge in [-0.05, 0) is 43.7 Å². The number of rotatable bonds is 7. The predicted octanol–water partition coefficient (Wildman–Crippen LogP) is 4.80. The Bertz CT molecular complexity index is 850. The van der Waals surface area contributed by atoms with Crippen LogP contribution in [0.2, 0.25) is 0 Å². The fourth-order valence-electron chi connectivity index (χ4n) is 2.59. The summed E-state index contributed by atoms with van der Waals surface area (Å²) in [5.41, 5.74) is 1.85. The third-order valence-corrected chi connectivity index (χ3v) is 4.76. The second-order valence-electron chi connectivity index (χ2n) is 5.40. The van der Waals surface area contributed by atoms with E-state index in [9.17, 15) is 4.39 Å². The first-order chi connectivity index (χ1) is 12.2. The Morgan fingerprint density at radius 1 is 1.08 bits per heavy atom. The molecule has 0 radical (unpaired) electrons. The molecule has 0 unspecified atom stereocenters. The zero-order valence-electron chi connectivity index (χ0n) is 14.3. The van der Waals surface area contributed by atoms with Gasteiger partial charge < -0.3 is 9.30 Å². The van der Waals surface area contributed by atoms with Gasteiger partial charge in [-0.2, -0.15) is 0 Å². The third-order valence-electron chi connectivity index (χ3n) is 3.72. The highest BCUT2D eigenvalue weighted by Gasteiger charge is 2.16. The molecule has 0 amide bonds. The molecule has 4 nitrogen and oxygen atoms in total. The molecule has 0 fully saturated rings. The van der Waals surface area contributed by atoms with E-state index >= 15 is 0 Å². The molecule has 0 saturated heterocycles. The number of thioether (sulfide) groups is 1. The average molecular weight is 357 g/mol.